The van der Waals surface area contributed by atoms with Crippen LogP contribution in [-0.2, 0) is 10.0 Å². The summed E-state index contributed by atoms with van der Waals surface area (Å²) in [7, 11) is -3.63. The number of nitrogens with zero attached hydrogens (tertiary/aromatic N) is 4. The van der Waals surface area contributed by atoms with Gasteiger partial charge in [-0.25, -0.2) is 13.4 Å². The first-order valence-corrected chi connectivity index (χ1v) is 13.5. The molecule has 2 heterocycles. The van der Waals surface area contributed by atoms with Crippen LogP contribution in [0.15, 0.2) is 79.7 Å². The number of hydrazone groups is 1. The Kier molecular flexibility index (Phi) is 7.27. The van der Waals surface area contributed by atoms with Crippen molar-refractivity contribution in [2.45, 2.75) is 18.7 Å². The first-order valence-electron chi connectivity index (χ1n) is 10.4. The number of carbonyl (C=O) groups excluding carboxylic acids is 1. The minimum atomic E-state index is -3.63. The van der Waals surface area contributed by atoms with E-state index in [4.69, 9.17) is 4.42 Å². The fraction of sp³-hybridized carbons (Fsp3) is 0.174. The van der Waals surface area contributed by atoms with Crippen molar-refractivity contribution in [2.75, 3.05) is 18.1 Å². The lowest BCUT2D eigenvalue weighted by Gasteiger charge is -2.19. The largest absolute Gasteiger partial charge is 0.463 e. The van der Waals surface area contributed by atoms with E-state index in [-0.39, 0.29) is 10.5 Å². The maximum Gasteiger partial charge on any atom is 0.280 e. The maximum atomic E-state index is 13.4. The number of fused-ring (bicyclic) bond motifs is 1. The molecular formula is C23H21BrN4O4S2. The maximum absolute atomic E-state index is 13.4. The van der Waals surface area contributed by atoms with Crippen LogP contribution in [-0.4, -0.2) is 42.9 Å². The van der Waals surface area contributed by atoms with Crippen LogP contribution >= 0.6 is 27.3 Å². The molecular weight excluding hydrogens is 540 g/mol. The van der Waals surface area contributed by atoms with Crippen LogP contribution in [0.2, 0.25) is 0 Å². The summed E-state index contributed by atoms with van der Waals surface area (Å²) < 4.78 is 34.0. The quantitative estimate of drug-likeness (QED) is 0.213. The molecule has 4 rings (SSSR count). The number of anilines is 1. The topological polar surface area (TPSA) is 96.1 Å². The Morgan fingerprint density at radius 1 is 1.15 bits per heavy atom. The average Bonchev–Trinajstić information content (AvgIpc) is 3.49. The molecule has 4 aromatic rings. The van der Waals surface area contributed by atoms with Gasteiger partial charge in [-0.3, -0.25) is 4.79 Å². The second kappa shape index (κ2) is 10.2. The minimum Gasteiger partial charge on any atom is -0.463 e. The summed E-state index contributed by atoms with van der Waals surface area (Å²) in [5.74, 6) is 0.0232. The molecule has 8 nitrogen and oxygen atoms in total. The first kappa shape index (κ1) is 24.3. The number of sulfonamides is 1. The highest BCUT2D eigenvalue weighted by molar-refractivity contribution is 9.10. The van der Waals surface area contributed by atoms with E-state index in [0.717, 1.165) is 14.7 Å². The first-order chi connectivity index (χ1) is 16.3. The summed E-state index contributed by atoms with van der Waals surface area (Å²) in [5, 5.41) is 5.90. The Morgan fingerprint density at radius 3 is 2.53 bits per heavy atom. The van der Waals surface area contributed by atoms with Crippen LogP contribution in [0.25, 0.3) is 10.2 Å². The lowest BCUT2D eigenvalue weighted by atomic mass is 10.2. The van der Waals surface area contributed by atoms with E-state index in [1.807, 2.05) is 18.2 Å². The Balaban J connectivity index is 1.70. The zero-order chi connectivity index (χ0) is 24.3. The molecule has 176 valence electrons. The fourth-order valence-corrected chi connectivity index (χ4v) is 6.18. The zero-order valence-electron chi connectivity index (χ0n) is 18.4. The molecule has 0 spiro atoms. The molecule has 1 amide bonds. The van der Waals surface area contributed by atoms with Crippen molar-refractivity contribution >= 4 is 64.8 Å². The van der Waals surface area contributed by atoms with Crippen LogP contribution in [0, 0.1) is 0 Å². The molecule has 0 aliphatic carbocycles. The van der Waals surface area contributed by atoms with Gasteiger partial charge in [0.15, 0.2) is 0 Å². The summed E-state index contributed by atoms with van der Waals surface area (Å²) in [6, 6.07) is 14.9. The van der Waals surface area contributed by atoms with Gasteiger partial charge < -0.3 is 4.42 Å². The van der Waals surface area contributed by atoms with Crippen LogP contribution in [0.1, 0.15) is 30.0 Å². The van der Waals surface area contributed by atoms with Crippen molar-refractivity contribution in [1.29, 1.82) is 0 Å². The lowest BCUT2D eigenvalue weighted by molar-refractivity contribution is 0.0987. The van der Waals surface area contributed by atoms with Crippen LogP contribution in [0.4, 0.5) is 5.13 Å². The van der Waals surface area contributed by atoms with Gasteiger partial charge in [-0.05, 0) is 54.6 Å². The number of amides is 1. The molecule has 0 aliphatic heterocycles. The molecule has 0 N–H and O–H groups in total. The third-order valence-corrected chi connectivity index (χ3v) is 8.55. The third-order valence-electron chi connectivity index (χ3n) is 5.00. The van der Waals surface area contributed by atoms with Gasteiger partial charge in [-0.2, -0.15) is 14.4 Å². The number of halogens is 1. The van der Waals surface area contributed by atoms with Gasteiger partial charge in [0.05, 0.1) is 27.6 Å². The normalized spacial score (nSPS) is 12.1. The van der Waals surface area contributed by atoms with Crippen molar-refractivity contribution in [3.05, 3.63) is 76.7 Å². The molecule has 0 aliphatic rings. The minimum absolute atomic E-state index is 0.128. The molecule has 34 heavy (non-hydrogen) atoms. The predicted molar refractivity (Wildman–Crippen MR) is 137 cm³/mol. The lowest BCUT2D eigenvalue weighted by Crippen LogP contribution is -2.30. The number of hydrogen-bond acceptors (Lipinski definition) is 7. The molecule has 2 aromatic carbocycles. The summed E-state index contributed by atoms with van der Waals surface area (Å²) in [6.07, 6.45) is 2.94. The molecule has 0 saturated heterocycles. The molecule has 0 fully saturated rings. The molecule has 0 bridgehead atoms. The number of furan rings is 1. The summed E-state index contributed by atoms with van der Waals surface area (Å²) >= 11 is 4.76. The summed E-state index contributed by atoms with van der Waals surface area (Å²) in [5.41, 5.74) is 1.00. The van der Waals surface area contributed by atoms with Crippen molar-refractivity contribution in [3.63, 3.8) is 0 Å². The Bertz CT molecular complexity index is 1430. The van der Waals surface area contributed by atoms with Gasteiger partial charge in [0.2, 0.25) is 15.2 Å². The molecule has 2 aromatic heterocycles. The van der Waals surface area contributed by atoms with Gasteiger partial charge in [-0.1, -0.05) is 41.1 Å². The van der Waals surface area contributed by atoms with Crippen molar-refractivity contribution in [3.8, 4) is 0 Å². The number of rotatable bonds is 8. The van der Waals surface area contributed by atoms with Gasteiger partial charge in [-0.15, -0.1) is 0 Å². The van der Waals surface area contributed by atoms with Crippen molar-refractivity contribution in [1.82, 2.24) is 9.29 Å². The highest BCUT2D eigenvalue weighted by Gasteiger charge is 2.24. The summed E-state index contributed by atoms with van der Waals surface area (Å²) in [4.78, 5) is 18.1. The van der Waals surface area contributed by atoms with Crippen molar-refractivity contribution < 1.29 is 17.6 Å². The number of aromatic nitrogens is 1. The van der Waals surface area contributed by atoms with E-state index in [0.29, 0.717) is 24.0 Å². The number of benzene rings is 2. The highest BCUT2D eigenvalue weighted by Crippen LogP contribution is 2.32. The Morgan fingerprint density at radius 2 is 1.88 bits per heavy atom. The zero-order valence-corrected chi connectivity index (χ0v) is 21.6. The monoisotopic (exact) mass is 560 g/mol. The Hall–Kier alpha value is -2.86. The van der Waals surface area contributed by atoms with Gasteiger partial charge in [0.1, 0.15) is 5.76 Å². The van der Waals surface area contributed by atoms with Crippen molar-refractivity contribution in [2.24, 2.45) is 5.10 Å². The smallest absolute Gasteiger partial charge is 0.280 e. The second-order valence-corrected chi connectivity index (χ2v) is 11.0. The van der Waals surface area contributed by atoms with E-state index < -0.39 is 15.9 Å². The molecule has 0 radical (unpaired) electrons. The second-order valence-electron chi connectivity index (χ2n) is 7.10. The molecule has 0 unspecified atom stereocenters. The fourth-order valence-electron chi connectivity index (χ4n) is 3.25. The van der Waals surface area contributed by atoms with E-state index in [2.05, 4.69) is 26.0 Å². The highest BCUT2D eigenvalue weighted by atomic mass is 79.9. The average molecular weight is 561 g/mol. The van der Waals surface area contributed by atoms with E-state index in [9.17, 15) is 13.2 Å². The van der Waals surface area contributed by atoms with E-state index in [1.165, 1.54) is 57.4 Å². The van der Waals surface area contributed by atoms with Gasteiger partial charge >= 0.3 is 0 Å². The third kappa shape index (κ3) is 4.97. The summed E-state index contributed by atoms with van der Waals surface area (Å²) in [6.45, 7) is 4.29. The number of thiazole rings is 1. The number of carbonyl (C=O) groups is 1. The van der Waals surface area contributed by atoms with Crippen LogP contribution in [0.5, 0.6) is 0 Å². The van der Waals surface area contributed by atoms with Gasteiger partial charge in [0.25, 0.3) is 5.91 Å². The SMILES string of the molecule is CCN(CC)S(=O)(=O)c1ccc(C(=O)N(/N=C/c2ccco2)c2nc3ccc(Br)cc3s2)cc1. The van der Waals surface area contributed by atoms with E-state index >= 15 is 0 Å². The standard InChI is InChI=1S/C23H21BrN4O4S2/c1-3-27(4-2)34(30,31)19-10-7-16(8-11-19)22(29)28(25-15-18-6-5-13-32-18)23-26-20-12-9-17(24)14-21(20)33-23/h5-15H,3-4H2,1-2H3/b25-15+. The van der Waals surface area contributed by atoms with Crippen LogP contribution < -0.4 is 5.01 Å². The predicted octanol–water partition coefficient (Wildman–Crippen LogP) is 5.36. The van der Waals surface area contributed by atoms with Gasteiger partial charge in [0, 0.05) is 23.1 Å². The van der Waals surface area contributed by atoms with Crippen LogP contribution in [0.3, 0.4) is 0 Å². The molecule has 11 heteroatoms. The van der Waals surface area contributed by atoms with E-state index in [1.54, 1.807) is 26.0 Å². The number of hydrogen-bond donors (Lipinski definition) is 0. The molecule has 0 saturated carbocycles. The molecule has 0 atom stereocenters. The Labute approximate surface area is 209 Å².